The average molecular weight is 625 g/mol. The second-order valence-corrected chi connectivity index (χ2v) is 12.7. The quantitative estimate of drug-likeness (QED) is 0.246. The molecule has 10 heteroatoms. The number of methoxy groups -OCH3 is 1. The first-order valence-corrected chi connectivity index (χ1v) is 15.6. The van der Waals surface area contributed by atoms with Crippen LogP contribution in [-0.2, 0) is 6.54 Å². The Labute approximate surface area is 266 Å². The minimum Gasteiger partial charge on any atom is -0.496 e. The lowest BCUT2D eigenvalue weighted by atomic mass is 9.84. The zero-order valence-corrected chi connectivity index (χ0v) is 26.2. The van der Waals surface area contributed by atoms with Crippen LogP contribution in [-0.4, -0.2) is 58.3 Å². The van der Waals surface area contributed by atoms with Crippen molar-refractivity contribution in [2.24, 2.45) is 4.99 Å². The highest BCUT2D eigenvalue weighted by Crippen LogP contribution is 2.41. The van der Waals surface area contributed by atoms with Crippen molar-refractivity contribution < 1.29 is 13.9 Å². The molecule has 1 amide bonds. The molecule has 3 aliphatic heterocycles. The molecule has 2 fully saturated rings. The molecule has 0 spiro atoms. The van der Waals surface area contributed by atoms with Crippen LogP contribution >= 0.6 is 11.6 Å². The fraction of sp³-hybridized carbons (Fsp3) is 0.314. The minimum atomic E-state index is -0.440. The van der Waals surface area contributed by atoms with Crippen LogP contribution in [0.2, 0.25) is 5.02 Å². The number of fused-ring (bicyclic) bond motifs is 5. The number of hydrogen-bond donors (Lipinski definition) is 2. The summed E-state index contributed by atoms with van der Waals surface area (Å²) in [6.07, 6.45) is 5.78. The normalized spacial score (nSPS) is 21.8. The summed E-state index contributed by atoms with van der Waals surface area (Å²) in [5.41, 5.74) is 5.09. The van der Waals surface area contributed by atoms with E-state index in [1.54, 1.807) is 30.5 Å². The fourth-order valence-electron chi connectivity index (χ4n) is 7.10. The SMILES string of the molecule is CNC1(C)CC2CCC(C1)N2C(=O)c1ccc(Nc2ncc3c(n2)-c2ccc(Cl)cc2C(c2c(F)cccc2OC)=NC3)cc1. The third-order valence-corrected chi connectivity index (χ3v) is 9.65. The second-order valence-electron chi connectivity index (χ2n) is 12.3. The van der Waals surface area contributed by atoms with E-state index in [0.717, 1.165) is 42.5 Å². The summed E-state index contributed by atoms with van der Waals surface area (Å²) in [6, 6.07) is 18.1. The smallest absolute Gasteiger partial charge is 0.254 e. The zero-order valence-electron chi connectivity index (χ0n) is 25.4. The predicted octanol–water partition coefficient (Wildman–Crippen LogP) is 6.78. The third-order valence-electron chi connectivity index (χ3n) is 9.41. The molecule has 2 saturated heterocycles. The molecular weight excluding hydrogens is 591 g/mol. The van der Waals surface area contributed by atoms with Crippen molar-refractivity contribution in [3.8, 4) is 17.0 Å². The standard InChI is InChI=1S/C35H34ClFN6O2/c1-35(38-2)16-24-12-13-25(17-35)43(24)33(44)20-7-10-23(11-8-20)41-34-40-19-21-18-39-32(30-28(37)5-4-6-29(30)45-3)27-15-22(36)9-14-26(27)31(21)42-34/h4-11,14-15,19,24-25,38H,12-13,16-18H2,1-3H3,(H,40,41,42). The summed E-state index contributed by atoms with van der Waals surface area (Å²) >= 11 is 6.43. The van der Waals surface area contributed by atoms with Crippen molar-refractivity contribution in [3.05, 3.63) is 100.0 Å². The van der Waals surface area contributed by atoms with Gasteiger partial charge in [0.2, 0.25) is 5.95 Å². The van der Waals surface area contributed by atoms with Gasteiger partial charge >= 0.3 is 0 Å². The predicted molar refractivity (Wildman–Crippen MR) is 174 cm³/mol. The van der Waals surface area contributed by atoms with Crippen LogP contribution in [0.4, 0.5) is 16.0 Å². The van der Waals surface area contributed by atoms with Gasteiger partial charge in [0.25, 0.3) is 5.91 Å². The molecule has 0 aliphatic carbocycles. The zero-order chi connectivity index (χ0) is 31.3. The highest BCUT2D eigenvalue weighted by molar-refractivity contribution is 6.31. The molecule has 45 heavy (non-hydrogen) atoms. The Kier molecular flexibility index (Phi) is 7.54. The first-order chi connectivity index (χ1) is 21.8. The number of nitrogens with zero attached hydrogens (tertiary/aromatic N) is 4. The number of benzene rings is 3. The summed E-state index contributed by atoms with van der Waals surface area (Å²) in [5.74, 6) is 0.419. The number of nitrogens with one attached hydrogen (secondary N) is 2. The first kappa shape index (κ1) is 29.4. The molecule has 230 valence electrons. The van der Waals surface area contributed by atoms with Gasteiger partial charge in [-0.1, -0.05) is 23.7 Å². The number of piperidine rings is 1. The highest BCUT2D eigenvalue weighted by Gasteiger charge is 2.47. The largest absolute Gasteiger partial charge is 0.496 e. The molecule has 7 rings (SSSR count). The van der Waals surface area contributed by atoms with Gasteiger partial charge in [-0.15, -0.1) is 0 Å². The third kappa shape index (κ3) is 5.34. The van der Waals surface area contributed by atoms with E-state index in [2.05, 4.69) is 27.4 Å². The summed E-state index contributed by atoms with van der Waals surface area (Å²) in [5, 5.41) is 7.25. The molecule has 2 N–H and O–H groups in total. The molecule has 4 aromatic rings. The topological polar surface area (TPSA) is 91.7 Å². The van der Waals surface area contributed by atoms with E-state index in [0.29, 0.717) is 39.3 Å². The fourth-order valence-corrected chi connectivity index (χ4v) is 7.27. The van der Waals surface area contributed by atoms with Crippen molar-refractivity contribution in [1.29, 1.82) is 0 Å². The maximum atomic E-state index is 15.2. The van der Waals surface area contributed by atoms with Gasteiger partial charge in [0, 0.05) is 56.8 Å². The molecule has 4 heterocycles. The summed E-state index contributed by atoms with van der Waals surface area (Å²) in [7, 11) is 3.52. The van der Waals surface area contributed by atoms with Crippen molar-refractivity contribution in [1.82, 2.24) is 20.2 Å². The molecular formula is C35H34ClFN6O2. The Morgan fingerprint density at radius 1 is 1.07 bits per heavy atom. The van der Waals surface area contributed by atoms with Gasteiger partial charge in [-0.25, -0.2) is 14.4 Å². The van der Waals surface area contributed by atoms with Crippen molar-refractivity contribution >= 4 is 34.9 Å². The Morgan fingerprint density at radius 2 is 1.82 bits per heavy atom. The molecule has 0 radical (unpaired) electrons. The first-order valence-electron chi connectivity index (χ1n) is 15.2. The summed E-state index contributed by atoms with van der Waals surface area (Å²) in [4.78, 5) is 29.9. The summed E-state index contributed by atoms with van der Waals surface area (Å²) < 4.78 is 20.7. The maximum absolute atomic E-state index is 15.2. The molecule has 1 aromatic heterocycles. The number of carbonyl (C=O) groups excluding carboxylic acids is 1. The molecule has 2 atom stereocenters. The number of aliphatic imine (C=N–C) groups is 1. The Balaban J connectivity index is 1.15. The molecule has 3 aliphatic rings. The lowest BCUT2D eigenvalue weighted by Gasteiger charge is -2.45. The van der Waals surface area contributed by atoms with Gasteiger partial charge in [0.05, 0.1) is 30.6 Å². The number of hydrogen-bond acceptors (Lipinski definition) is 7. The van der Waals surface area contributed by atoms with Crippen LogP contribution in [0.1, 0.15) is 59.7 Å². The lowest BCUT2D eigenvalue weighted by molar-refractivity contribution is 0.0466. The maximum Gasteiger partial charge on any atom is 0.254 e. The number of halogens is 2. The number of anilines is 2. The number of carbonyl (C=O) groups is 1. The van der Waals surface area contributed by atoms with E-state index in [-0.39, 0.29) is 35.6 Å². The number of rotatable bonds is 6. The van der Waals surface area contributed by atoms with Crippen LogP contribution in [0.25, 0.3) is 11.3 Å². The van der Waals surface area contributed by atoms with Crippen LogP contribution < -0.4 is 15.4 Å². The van der Waals surface area contributed by atoms with Gasteiger partial charge in [0.15, 0.2) is 0 Å². The van der Waals surface area contributed by atoms with Crippen molar-refractivity contribution in [2.75, 3.05) is 19.5 Å². The lowest BCUT2D eigenvalue weighted by Crippen LogP contribution is -2.56. The van der Waals surface area contributed by atoms with E-state index in [1.165, 1.54) is 13.2 Å². The van der Waals surface area contributed by atoms with Crippen molar-refractivity contribution in [3.63, 3.8) is 0 Å². The van der Waals surface area contributed by atoms with Gasteiger partial charge in [-0.3, -0.25) is 9.79 Å². The van der Waals surface area contributed by atoms with Crippen LogP contribution in [0, 0.1) is 5.82 Å². The van der Waals surface area contributed by atoms with Gasteiger partial charge in [0.1, 0.15) is 11.6 Å². The van der Waals surface area contributed by atoms with Gasteiger partial charge in [-0.05, 0) is 88.2 Å². The number of aromatic nitrogens is 2. The Hall–Kier alpha value is -4.34. The molecule has 0 saturated carbocycles. The Bertz CT molecular complexity index is 1810. The highest BCUT2D eigenvalue weighted by atomic mass is 35.5. The average Bonchev–Trinajstić information content (AvgIpc) is 3.23. The number of amides is 1. The second kappa shape index (κ2) is 11.5. The minimum absolute atomic E-state index is 0.0787. The molecule has 8 nitrogen and oxygen atoms in total. The molecule has 2 bridgehead atoms. The van der Waals surface area contributed by atoms with Crippen LogP contribution in [0.5, 0.6) is 5.75 Å². The van der Waals surface area contributed by atoms with Crippen LogP contribution in [0.3, 0.4) is 0 Å². The van der Waals surface area contributed by atoms with E-state index >= 15 is 4.39 Å². The molecule has 2 unspecified atom stereocenters. The van der Waals surface area contributed by atoms with Crippen molar-refractivity contribution in [2.45, 2.75) is 56.8 Å². The number of ether oxygens (including phenoxy) is 1. The van der Waals surface area contributed by atoms with E-state index in [9.17, 15) is 4.79 Å². The summed E-state index contributed by atoms with van der Waals surface area (Å²) in [6.45, 7) is 2.50. The van der Waals surface area contributed by atoms with Gasteiger partial charge < -0.3 is 20.3 Å². The van der Waals surface area contributed by atoms with Gasteiger partial charge in [-0.2, -0.15) is 0 Å². The molecule has 3 aromatic carbocycles. The van der Waals surface area contributed by atoms with E-state index in [4.69, 9.17) is 26.3 Å². The Morgan fingerprint density at radius 3 is 2.53 bits per heavy atom. The van der Waals surface area contributed by atoms with E-state index < -0.39 is 5.82 Å². The van der Waals surface area contributed by atoms with E-state index in [1.807, 2.05) is 37.4 Å². The van der Waals surface area contributed by atoms with Crippen LogP contribution in [0.15, 0.2) is 71.9 Å². The monoisotopic (exact) mass is 624 g/mol.